The first-order valence-electron chi connectivity index (χ1n) is 8.50. The smallest absolute Gasteiger partial charge is 0.211 e. The van der Waals surface area contributed by atoms with Crippen LogP contribution in [0.5, 0.6) is 11.5 Å². The molecule has 0 fully saturated rings. The average Bonchev–Trinajstić information content (AvgIpc) is 3.12. The second-order valence-electron chi connectivity index (χ2n) is 6.04. The Balaban J connectivity index is 1.98. The largest absolute Gasteiger partial charge is 0.497 e. The molecule has 0 aliphatic heterocycles. The molecule has 4 aromatic rings. The molecule has 0 N–H and O–H groups in total. The van der Waals surface area contributed by atoms with Gasteiger partial charge in [0, 0.05) is 46.9 Å². The molecular formula is C22H18N2O3. The van der Waals surface area contributed by atoms with Crippen molar-refractivity contribution in [1.29, 1.82) is 0 Å². The molecule has 0 aliphatic rings. The van der Waals surface area contributed by atoms with E-state index in [-0.39, 0.29) is 5.78 Å². The van der Waals surface area contributed by atoms with Crippen LogP contribution >= 0.6 is 0 Å². The number of pyridine rings is 2. The van der Waals surface area contributed by atoms with Crippen molar-refractivity contribution in [2.75, 3.05) is 14.2 Å². The number of ether oxygens (including phenoxy) is 2. The van der Waals surface area contributed by atoms with Gasteiger partial charge in [0.05, 0.1) is 14.2 Å². The summed E-state index contributed by atoms with van der Waals surface area (Å²) in [6.07, 6.45) is 5.12. The highest BCUT2D eigenvalue weighted by Gasteiger charge is 2.22. The normalized spacial score (nSPS) is 10.7. The number of carbonyl (C=O) groups is 1. The van der Waals surface area contributed by atoms with Crippen molar-refractivity contribution >= 4 is 11.3 Å². The molecule has 0 saturated carbocycles. The summed E-state index contributed by atoms with van der Waals surface area (Å²) < 4.78 is 12.8. The van der Waals surface area contributed by atoms with Gasteiger partial charge in [-0.05, 0) is 42.5 Å². The second-order valence-corrected chi connectivity index (χ2v) is 6.04. The van der Waals surface area contributed by atoms with E-state index in [4.69, 9.17) is 9.47 Å². The molecule has 134 valence electrons. The van der Waals surface area contributed by atoms with Crippen LogP contribution in [0.15, 0.2) is 73.2 Å². The summed E-state index contributed by atoms with van der Waals surface area (Å²) in [5, 5.41) is 0. The van der Waals surface area contributed by atoms with Gasteiger partial charge in [-0.3, -0.25) is 9.78 Å². The minimum atomic E-state index is -0.0952. The van der Waals surface area contributed by atoms with Crippen LogP contribution in [0.3, 0.4) is 0 Å². The van der Waals surface area contributed by atoms with E-state index in [1.54, 1.807) is 38.7 Å². The van der Waals surface area contributed by atoms with Crippen molar-refractivity contribution in [3.8, 4) is 22.6 Å². The molecule has 5 nitrogen and oxygen atoms in total. The van der Waals surface area contributed by atoms with Crippen LogP contribution in [0.25, 0.3) is 16.6 Å². The van der Waals surface area contributed by atoms with Gasteiger partial charge in [-0.25, -0.2) is 0 Å². The van der Waals surface area contributed by atoms with Crippen LogP contribution in [-0.2, 0) is 0 Å². The lowest BCUT2D eigenvalue weighted by molar-refractivity contribution is 0.103. The zero-order chi connectivity index (χ0) is 18.8. The predicted octanol–water partition coefficient (Wildman–Crippen LogP) is 4.25. The van der Waals surface area contributed by atoms with Gasteiger partial charge in [0.1, 0.15) is 17.2 Å². The van der Waals surface area contributed by atoms with Gasteiger partial charge < -0.3 is 13.9 Å². The third-order valence-corrected chi connectivity index (χ3v) is 4.52. The zero-order valence-corrected chi connectivity index (χ0v) is 15.0. The van der Waals surface area contributed by atoms with Crippen molar-refractivity contribution in [2.24, 2.45) is 0 Å². The van der Waals surface area contributed by atoms with E-state index >= 15 is 0 Å². The first-order valence-corrected chi connectivity index (χ1v) is 8.50. The number of ketones is 1. The second kappa shape index (κ2) is 6.96. The molecule has 0 aliphatic carbocycles. The minimum absolute atomic E-state index is 0.0952. The Morgan fingerprint density at radius 1 is 0.963 bits per heavy atom. The van der Waals surface area contributed by atoms with Gasteiger partial charge in [0.15, 0.2) is 0 Å². The number of carbonyl (C=O) groups excluding carboxylic acids is 1. The Morgan fingerprint density at radius 2 is 1.85 bits per heavy atom. The Labute approximate surface area is 156 Å². The number of hydrogen-bond acceptors (Lipinski definition) is 4. The van der Waals surface area contributed by atoms with Gasteiger partial charge in [0.25, 0.3) is 0 Å². The lowest BCUT2D eigenvalue weighted by Crippen LogP contribution is -2.07. The third-order valence-electron chi connectivity index (χ3n) is 4.52. The molecule has 0 saturated heterocycles. The maximum absolute atomic E-state index is 13.3. The standard InChI is InChI=1S/C22H18N2O3/c1-26-17-8-9-18(20(13-17)27-2)19-12-16-7-3-4-11-24(16)21(19)22(25)15-6-5-10-23-14-15/h3-14H,1-2H3. The topological polar surface area (TPSA) is 52.8 Å². The van der Waals surface area contributed by atoms with E-state index in [1.165, 1.54) is 0 Å². The van der Waals surface area contributed by atoms with Crippen LogP contribution < -0.4 is 9.47 Å². The van der Waals surface area contributed by atoms with Crippen LogP contribution in [-0.4, -0.2) is 29.4 Å². The van der Waals surface area contributed by atoms with Crippen molar-refractivity contribution < 1.29 is 14.3 Å². The molecule has 4 rings (SSSR count). The Bertz CT molecular complexity index is 1120. The van der Waals surface area contributed by atoms with Gasteiger partial charge in [-0.15, -0.1) is 0 Å². The monoisotopic (exact) mass is 358 g/mol. The fourth-order valence-corrected chi connectivity index (χ4v) is 3.22. The number of hydrogen-bond donors (Lipinski definition) is 0. The summed E-state index contributed by atoms with van der Waals surface area (Å²) in [4.78, 5) is 17.4. The van der Waals surface area contributed by atoms with Crippen molar-refractivity contribution in [1.82, 2.24) is 9.38 Å². The molecule has 5 heteroatoms. The van der Waals surface area contributed by atoms with Gasteiger partial charge in [0.2, 0.25) is 5.78 Å². The van der Waals surface area contributed by atoms with E-state index in [9.17, 15) is 4.79 Å². The first kappa shape index (κ1) is 16.8. The van der Waals surface area contributed by atoms with Crippen molar-refractivity contribution in [3.63, 3.8) is 0 Å². The van der Waals surface area contributed by atoms with E-state index in [0.717, 1.165) is 16.6 Å². The summed E-state index contributed by atoms with van der Waals surface area (Å²) >= 11 is 0. The summed E-state index contributed by atoms with van der Waals surface area (Å²) in [7, 11) is 3.22. The van der Waals surface area contributed by atoms with Crippen LogP contribution in [0.1, 0.15) is 16.1 Å². The fourth-order valence-electron chi connectivity index (χ4n) is 3.22. The summed E-state index contributed by atoms with van der Waals surface area (Å²) in [5.74, 6) is 1.24. The Morgan fingerprint density at radius 3 is 2.59 bits per heavy atom. The number of rotatable bonds is 5. The van der Waals surface area contributed by atoms with E-state index in [0.29, 0.717) is 22.8 Å². The highest BCUT2D eigenvalue weighted by atomic mass is 16.5. The van der Waals surface area contributed by atoms with E-state index < -0.39 is 0 Å². The SMILES string of the molecule is COc1ccc(-c2cc3ccccn3c2C(=O)c2cccnc2)c(OC)c1. The van der Waals surface area contributed by atoms with E-state index in [1.807, 2.05) is 53.1 Å². The summed E-state index contributed by atoms with van der Waals surface area (Å²) in [6, 6.07) is 16.9. The van der Waals surface area contributed by atoms with Crippen molar-refractivity contribution in [2.45, 2.75) is 0 Å². The molecule has 0 bridgehead atoms. The zero-order valence-electron chi connectivity index (χ0n) is 15.0. The number of aromatic nitrogens is 2. The lowest BCUT2D eigenvalue weighted by Gasteiger charge is -2.11. The molecule has 0 atom stereocenters. The molecule has 27 heavy (non-hydrogen) atoms. The third kappa shape index (κ3) is 2.93. The summed E-state index contributed by atoms with van der Waals surface area (Å²) in [5.41, 5.74) is 3.67. The summed E-state index contributed by atoms with van der Waals surface area (Å²) in [6.45, 7) is 0. The molecule has 3 aromatic heterocycles. The highest BCUT2D eigenvalue weighted by molar-refractivity contribution is 6.13. The number of methoxy groups -OCH3 is 2. The minimum Gasteiger partial charge on any atom is -0.497 e. The molecular weight excluding hydrogens is 340 g/mol. The Hall–Kier alpha value is -3.60. The Kier molecular flexibility index (Phi) is 4.34. The van der Waals surface area contributed by atoms with Crippen molar-refractivity contribution in [3.05, 3.63) is 84.4 Å². The van der Waals surface area contributed by atoms with Gasteiger partial charge >= 0.3 is 0 Å². The maximum Gasteiger partial charge on any atom is 0.211 e. The number of nitrogens with zero attached hydrogens (tertiary/aromatic N) is 2. The lowest BCUT2D eigenvalue weighted by atomic mass is 10.00. The van der Waals surface area contributed by atoms with Gasteiger partial charge in [-0.1, -0.05) is 6.07 Å². The average molecular weight is 358 g/mol. The maximum atomic E-state index is 13.3. The van der Waals surface area contributed by atoms with E-state index in [2.05, 4.69) is 4.98 Å². The van der Waals surface area contributed by atoms with Gasteiger partial charge in [-0.2, -0.15) is 0 Å². The number of fused-ring (bicyclic) bond motifs is 1. The van der Waals surface area contributed by atoms with Crippen LogP contribution in [0.2, 0.25) is 0 Å². The van der Waals surface area contributed by atoms with Crippen LogP contribution in [0, 0.1) is 0 Å². The molecule has 0 unspecified atom stereocenters. The number of benzene rings is 1. The molecule has 3 heterocycles. The molecule has 1 aromatic carbocycles. The fraction of sp³-hybridized carbons (Fsp3) is 0.0909. The molecule has 0 spiro atoms. The quantitative estimate of drug-likeness (QED) is 0.501. The predicted molar refractivity (Wildman–Crippen MR) is 104 cm³/mol. The van der Waals surface area contributed by atoms with Crippen LogP contribution in [0.4, 0.5) is 0 Å². The first-order chi connectivity index (χ1) is 13.2. The molecule has 0 amide bonds. The molecule has 0 radical (unpaired) electrons. The highest BCUT2D eigenvalue weighted by Crippen LogP contribution is 2.37.